The minimum absolute atomic E-state index is 0.0604. The molecule has 0 N–H and O–H groups in total. The van der Waals surface area contributed by atoms with Crippen LogP contribution >= 0.6 is 11.3 Å². The van der Waals surface area contributed by atoms with Crippen LogP contribution in [0.2, 0.25) is 0 Å². The molecule has 1 aliphatic carbocycles. The number of aryl methyl sites for hydroxylation is 1. The second-order valence-corrected chi connectivity index (χ2v) is 7.95. The van der Waals surface area contributed by atoms with Crippen molar-refractivity contribution >= 4 is 23.2 Å². The number of hydrogen-bond acceptors (Lipinski definition) is 4. The topological polar surface area (TPSA) is 53.5 Å². The lowest BCUT2D eigenvalue weighted by molar-refractivity contribution is -0.133. The van der Waals surface area contributed by atoms with Crippen molar-refractivity contribution in [3.8, 4) is 0 Å². The normalized spacial score (nSPS) is 19.0. The molecule has 1 aromatic heterocycles. The predicted molar refractivity (Wildman–Crippen MR) is 95.2 cm³/mol. The third kappa shape index (κ3) is 4.15. The number of piperazine rings is 1. The summed E-state index contributed by atoms with van der Waals surface area (Å²) in [6.45, 7) is 4.63. The molecule has 5 nitrogen and oxygen atoms in total. The summed E-state index contributed by atoms with van der Waals surface area (Å²) in [7, 11) is 0. The lowest BCUT2D eigenvalue weighted by atomic mass is 10.0. The molecule has 3 rings (SSSR count). The molecule has 1 saturated carbocycles. The van der Waals surface area contributed by atoms with Gasteiger partial charge >= 0.3 is 0 Å². The van der Waals surface area contributed by atoms with E-state index in [1.165, 1.54) is 37.0 Å². The summed E-state index contributed by atoms with van der Waals surface area (Å²) in [6, 6.07) is 0. The highest BCUT2D eigenvalue weighted by atomic mass is 32.1. The van der Waals surface area contributed by atoms with Crippen LogP contribution in [0.25, 0.3) is 0 Å². The molecule has 132 valence electrons. The summed E-state index contributed by atoms with van der Waals surface area (Å²) in [5.41, 5.74) is 0. The van der Waals surface area contributed by atoms with Gasteiger partial charge < -0.3 is 9.80 Å². The number of carbonyl (C=O) groups is 2. The van der Waals surface area contributed by atoms with Crippen LogP contribution in [-0.2, 0) is 11.2 Å². The van der Waals surface area contributed by atoms with Gasteiger partial charge in [0.25, 0.3) is 5.91 Å². The van der Waals surface area contributed by atoms with E-state index in [4.69, 9.17) is 0 Å². The average Bonchev–Trinajstić information content (AvgIpc) is 3.30. The minimum atomic E-state index is 0.0604. The van der Waals surface area contributed by atoms with Crippen LogP contribution < -0.4 is 0 Å². The molecule has 0 atom stereocenters. The average molecular weight is 350 g/mol. The van der Waals surface area contributed by atoms with Gasteiger partial charge in [-0.25, -0.2) is 4.98 Å². The molecule has 0 unspecified atom stereocenters. The van der Waals surface area contributed by atoms with Gasteiger partial charge in [-0.3, -0.25) is 9.59 Å². The van der Waals surface area contributed by atoms with Gasteiger partial charge in [-0.15, -0.1) is 11.3 Å². The molecule has 1 saturated heterocycles. The lowest BCUT2D eigenvalue weighted by Crippen LogP contribution is -2.50. The summed E-state index contributed by atoms with van der Waals surface area (Å²) in [4.78, 5) is 33.6. The maximum atomic E-state index is 12.5. The van der Waals surface area contributed by atoms with Gasteiger partial charge in [0.05, 0.1) is 11.2 Å². The summed E-state index contributed by atoms with van der Waals surface area (Å²) in [5, 5.41) is 0.999. The molecule has 2 heterocycles. The van der Waals surface area contributed by atoms with Crippen LogP contribution in [-0.4, -0.2) is 52.8 Å². The first-order valence-electron chi connectivity index (χ1n) is 9.19. The largest absolute Gasteiger partial charge is 0.339 e. The van der Waals surface area contributed by atoms with Crippen LogP contribution in [0.5, 0.6) is 0 Å². The van der Waals surface area contributed by atoms with E-state index in [1.807, 2.05) is 16.7 Å². The number of nitrogens with zero attached hydrogens (tertiary/aromatic N) is 3. The van der Waals surface area contributed by atoms with Crippen LogP contribution in [0.4, 0.5) is 0 Å². The quantitative estimate of drug-likeness (QED) is 0.821. The van der Waals surface area contributed by atoms with E-state index in [1.54, 1.807) is 6.20 Å². The van der Waals surface area contributed by atoms with Gasteiger partial charge in [-0.05, 0) is 18.8 Å². The van der Waals surface area contributed by atoms with E-state index in [9.17, 15) is 9.59 Å². The van der Waals surface area contributed by atoms with E-state index in [-0.39, 0.29) is 11.8 Å². The molecular formula is C18H27N3O2S. The van der Waals surface area contributed by atoms with Crippen molar-refractivity contribution in [3.63, 3.8) is 0 Å². The Morgan fingerprint density at radius 2 is 1.83 bits per heavy atom. The van der Waals surface area contributed by atoms with Crippen molar-refractivity contribution in [1.29, 1.82) is 0 Å². The second-order valence-electron chi connectivity index (χ2n) is 6.83. The highest BCUT2D eigenvalue weighted by Crippen LogP contribution is 2.28. The van der Waals surface area contributed by atoms with Crippen molar-refractivity contribution in [1.82, 2.24) is 14.8 Å². The zero-order valence-electron chi connectivity index (χ0n) is 14.5. The maximum absolute atomic E-state index is 12.5. The Balaban J connectivity index is 1.44. The van der Waals surface area contributed by atoms with Gasteiger partial charge in [0.1, 0.15) is 4.88 Å². The SMILES string of the molecule is CCc1ncc(C(=O)N2CCN(C(=O)CCC3CCCC3)CC2)s1. The third-order valence-electron chi connectivity index (χ3n) is 5.23. The summed E-state index contributed by atoms with van der Waals surface area (Å²) in [5.74, 6) is 1.08. The van der Waals surface area contributed by atoms with Gasteiger partial charge in [-0.2, -0.15) is 0 Å². The molecular weight excluding hydrogens is 322 g/mol. The zero-order valence-corrected chi connectivity index (χ0v) is 15.3. The highest BCUT2D eigenvalue weighted by molar-refractivity contribution is 7.13. The van der Waals surface area contributed by atoms with Crippen LogP contribution in [0.3, 0.4) is 0 Å². The fraction of sp³-hybridized carbons (Fsp3) is 0.722. The minimum Gasteiger partial charge on any atom is -0.339 e. The van der Waals surface area contributed by atoms with E-state index in [2.05, 4.69) is 4.98 Å². The Hall–Kier alpha value is -1.43. The molecule has 0 radical (unpaired) electrons. The summed E-state index contributed by atoms with van der Waals surface area (Å²) in [6.07, 6.45) is 9.51. The molecule has 2 aliphatic rings. The van der Waals surface area contributed by atoms with E-state index >= 15 is 0 Å². The first-order chi connectivity index (χ1) is 11.7. The smallest absolute Gasteiger partial charge is 0.265 e. The number of amides is 2. The second kappa shape index (κ2) is 8.10. The predicted octanol–water partition coefficient (Wildman–Crippen LogP) is 2.96. The van der Waals surface area contributed by atoms with Crippen molar-refractivity contribution in [2.24, 2.45) is 5.92 Å². The molecule has 0 aromatic carbocycles. The zero-order chi connectivity index (χ0) is 16.9. The van der Waals surface area contributed by atoms with E-state index < -0.39 is 0 Å². The third-order valence-corrected chi connectivity index (χ3v) is 6.36. The summed E-state index contributed by atoms with van der Waals surface area (Å²) < 4.78 is 0. The Kier molecular flexibility index (Phi) is 5.87. The van der Waals surface area contributed by atoms with Crippen LogP contribution in [0.1, 0.15) is 60.1 Å². The van der Waals surface area contributed by atoms with Crippen molar-refractivity contribution in [2.75, 3.05) is 26.2 Å². The Labute approximate surface area is 148 Å². The molecule has 2 fully saturated rings. The summed E-state index contributed by atoms with van der Waals surface area (Å²) >= 11 is 1.48. The Bertz CT molecular complexity index is 573. The van der Waals surface area contributed by atoms with Gasteiger partial charge in [0, 0.05) is 32.6 Å². The number of thiazole rings is 1. The highest BCUT2D eigenvalue weighted by Gasteiger charge is 2.26. The first kappa shape index (κ1) is 17.4. The van der Waals surface area contributed by atoms with E-state index in [0.29, 0.717) is 37.5 Å². The Morgan fingerprint density at radius 3 is 2.46 bits per heavy atom. The first-order valence-corrected chi connectivity index (χ1v) is 10.0. The molecule has 2 amide bonds. The van der Waals surface area contributed by atoms with Gasteiger partial charge in [0.2, 0.25) is 5.91 Å². The monoisotopic (exact) mass is 349 g/mol. The fourth-order valence-corrected chi connectivity index (χ4v) is 4.50. The van der Waals surface area contributed by atoms with Crippen LogP contribution in [0.15, 0.2) is 6.20 Å². The van der Waals surface area contributed by atoms with Gasteiger partial charge in [0.15, 0.2) is 0 Å². The molecule has 1 aliphatic heterocycles. The van der Waals surface area contributed by atoms with Crippen molar-refractivity contribution in [3.05, 3.63) is 16.1 Å². The number of aromatic nitrogens is 1. The van der Waals surface area contributed by atoms with Crippen molar-refractivity contribution in [2.45, 2.75) is 51.9 Å². The van der Waals surface area contributed by atoms with Gasteiger partial charge in [-0.1, -0.05) is 32.6 Å². The molecule has 0 bridgehead atoms. The molecule has 24 heavy (non-hydrogen) atoms. The number of rotatable bonds is 5. The van der Waals surface area contributed by atoms with E-state index in [0.717, 1.165) is 23.8 Å². The Morgan fingerprint density at radius 1 is 1.17 bits per heavy atom. The number of hydrogen-bond donors (Lipinski definition) is 0. The van der Waals surface area contributed by atoms with Crippen LogP contribution in [0, 0.1) is 5.92 Å². The maximum Gasteiger partial charge on any atom is 0.265 e. The standard InChI is InChI=1S/C18H27N3O2S/c1-2-16-19-13-15(24-16)18(23)21-11-9-20(10-12-21)17(22)8-7-14-5-3-4-6-14/h13-14H,2-12H2,1H3. The molecule has 0 spiro atoms. The lowest BCUT2D eigenvalue weighted by Gasteiger charge is -2.34. The fourth-order valence-electron chi connectivity index (χ4n) is 3.67. The molecule has 1 aromatic rings. The molecule has 6 heteroatoms. The number of carbonyl (C=O) groups excluding carboxylic acids is 2. The van der Waals surface area contributed by atoms with Crippen molar-refractivity contribution < 1.29 is 9.59 Å².